The van der Waals surface area contributed by atoms with Crippen molar-refractivity contribution >= 4 is 34.6 Å². The quantitative estimate of drug-likeness (QED) is 0.645. The van der Waals surface area contributed by atoms with Crippen molar-refractivity contribution in [2.24, 2.45) is 0 Å². The third-order valence-electron chi connectivity index (χ3n) is 4.39. The van der Waals surface area contributed by atoms with Gasteiger partial charge in [-0.3, -0.25) is 9.59 Å². The number of nitrogens with one attached hydrogen (secondary N) is 2. The first-order chi connectivity index (χ1) is 13.3. The summed E-state index contributed by atoms with van der Waals surface area (Å²) in [4.78, 5) is 28.1. The average molecular weight is 383 g/mol. The van der Waals surface area contributed by atoms with Gasteiger partial charge in [0.05, 0.1) is 0 Å². The van der Waals surface area contributed by atoms with Gasteiger partial charge in [-0.1, -0.05) is 0 Å². The maximum atomic E-state index is 12.0. The highest BCUT2D eigenvalue weighted by atomic mass is 16.2. The molecule has 0 bridgehead atoms. The Hall–Kier alpha value is -3.02. The maximum Gasteiger partial charge on any atom is 0.224 e. The molecule has 2 rings (SSSR count). The highest BCUT2D eigenvalue weighted by Crippen LogP contribution is 2.17. The minimum absolute atomic E-state index is 0.0303. The molecule has 0 aliphatic heterocycles. The Kier molecular flexibility index (Phi) is 7.87. The van der Waals surface area contributed by atoms with Crippen molar-refractivity contribution in [3.63, 3.8) is 0 Å². The molecule has 2 aromatic rings. The van der Waals surface area contributed by atoms with E-state index in [2.05, 4.69) is 10.6 Å². The predicted molar refractivity (Wildman–Crippen MR) is 117 cm³/mol. The van der Waals surface area contributed by atoms with Crippen LogP contribution >= 0.6 is 0 Å². The standard InChI is InChI=1S/C22H30N4O2/c1-25(2)19-13-9-17(10-14-19)23-21(27)7-5-6-8-22(28)24-18-11-15-20(16-12-18)26(3)4/h9-16H,5-8H2,1-4H3,(H,23,27)(H,24,28). The van der Waals surface area contributed by atoms with Gasteiger partial charge in [0, 0.05) is 63.8 Å². The lowest BCUT2D eigenvalue weighted by Gasteiger charge is -2.13. The minimum Gasteiger partial charge on any atom is -0.378 e. The zero-order valence-electron chi connectivity index (χ0n) is 17.2. The van der Waals surface area contributed by atoms with E-state index in [4.69, 9.17) is 0 Å². The minimum atomic E-state index is -0.0303. The molecule has 2 aromatic carbocycles. The fourth-order valence-corrected chi connectivity index (χ4v) is 2.70. The highest BCUT2D eigenvalue weighted by Gasteiger charge is 2.06. The van der Waals surface area contributed by atoms with Crippen molar-refractivity contribution in [3.05, 3.63) is 48.5 Å². The van der Waals surface area contributed by atoms with Gasteiger partial charge in [-0.15, -0.1) is 0 Å². The molecule has 0 atom stereocenters. The molecular weight excluding hydrogens is 352 g/mol. The Labute approximate surface area is 167 Å². The fraction of sp³-hybridized carbons (Fsp3) is 0.364. The molecule has 6 nitrogen and oxygen atoms in total. The molecular formula is C22H30N4O2. The number of carbonyl (C=O) groups is 2. The molecule has 0 saturated carbocycles. The molecule has 2 amide bonds. The van der Waals surface area contributed by atoms with Crippen LogP contribution in [0.4, 0.5) is 22.7 Å². The summed E-state index contributed by atoms with van der Waals surface area (Å²) in [6.07, 6.45) is 2.16. The van der Waals surface area contributed by atoms with E-state index in [0.717, 1.165) is 22.7 Å². The number of hydrogen-bond acceptors (Lipinski definition) is 4. The van der Waals surface area contributed by atoms with Gasteiger partial charge in [0.25, 0.3) is 0 Å². The molecule has 0 aliphatic rings. The number of anilines is 4. The first kappa shape index (κ1) is 21.3. The number of benzene rings is 2. The summed E-state index contributed by atoms with van der Waals surface area (Å²) in [5.74, 6) is -0.0606. The van der Waals surface area contributed by atoms with Gasteiger partial charge in [-0.05, 0) is 61.4 Å². The van der Waals surface area contributed by atoms with Crippen LogP contribution in [0.2, 0.25) is 0 Å². The van der Waals surface area contributed by atoms with Crippen LogP contribution in [0.25, 0.3) is 0 Å². The summed E-state index contributed by atoms with van der Waals surface area (Å²) >= 11 is 0. The Bertz CT molecular complexity index is 701. The fourth-order valence-electron chi connectivity index (χ4n) is 2.70. The molecule has 0 heterocycles. The van der Waals surface area contributed by atoms with E-state index < -0.39 is 0 Å². The maximum absolute atomic E-state index is 12.0. The van der Waals surface area contributed by atoms with Gasteiger partial charge in [-0.2, -0.15) is 0 Å². The molecule has 0 unspecified atom stereocenters. The Morgan fingerprint density at radius 1 is 0.643 bits per heavy atom. The molecule has 0 radical (unpaired) electrons. The topological polar surface area (TPSA) is 64.7 Å². The third-order valence-corrected chi connectivity index (χ3v) is 4.39. The van der Waals surface area contributed by atoms with Gasteiger partial charge >= 0.3 is 0 Å². The van der Waals surface area contributed by atoms with Crippen molar-refractivity contribution in [3.8, 4) is 0 Å². The SMILES string of the molecule is CN(C)c1ccc(NC(=O)CCCCC(=O)Nc2ccc(N(C)C)cc2)cc1. The first-order valence-corrected chi connectivity index (χ1v) is 9.49. The van der Waals surface area contributed by atoms with Gasteiger partial charge in [0.15, 0.2) is 0 Å². The van der Waals surface area contributed by atoms with Gasteiger partial charge in [0.2, 0.25) is 11.8 Å². The molecule has 0 aromatic heterocycles. The second-order valence-corrected chi connectivity index (χ2v) is 7.19. The number of hydrogen-bond donors (Lipinski definition) is 2. The van der Waals surface area contributed by atoms with Crippen LogP contribution in [-0.4, -0.2) is 40.0 Å². The monoisotopic (exact) mass is 382 g/mol. The molecule has 0 spiro atoms. The van der Waals surface area contributed by atoms with E-state index in [1.807, 2.05) is 86.5 Å². The van der Waals surface area contributed by atoms with Crippen molar-refractivity contribution in [1.82, 2.24) is 0 Å². The van der Waals surface area contributed by atoms with E-state index in [9.17, 15) is 9.59 Å². The van der Waals surface area contributed by atoms with Crippen LogP contribution in [0.3, 0.4) is 0 Å². The average Bonchev–Trinajstić information content (AvgIpc) is 2.66. The van der Waals surface area contributed by atoms with E-state index in [0.29, 0.717) is 25.7 Å². The van der Waals surface area contributed by atoms with Crippen molar-refractivity contribution < 1.29 is 9.59 Å². The van der Waals surface area contributed by atoms with Crippen LogP contribution in [0.15, 0.2) is 48.5 Å². The third kappa shape index (κ3) is 6.95. The highest BCUT2D eigenvalue weighted by molar-refractivity contribution is 5.92. The number of unbranched alkanes of at least 4 members (excludes halogenated alkanes) is 1. The Balaban J connectivity index is 1.65. The summed E-state index contributed by atoms with van der Waals surface area (Å²) in [5, 5.41) is 5.78. The molecule has 150 valence electrons. The number of rotatable bonds is 9. The second kappa shape index (κ2) is 10.3. The molecule has 0 fully saturated rings. The Morgan fingerprint density at radius 2 is 0.964 bits per heavy atom. The van der Waals surface area contributed by atoms with Gasteiger partial charge < -0.3 is 20.4 Å². The van der Waals surface area contributed by atoms with E-state index in [1.165, 1.54) is 0 Å². The van der Waals surface area contributed by atoms with Crippen LogP contribution in [0.5, 0.6) is 0 Å². The largest absolute Gasteiger partial charge is 0.378 e. The Morgan fingerprint density at radius 3 is 1.25 bits per heavy atom. The van der Waals surface area contributed by atoms with Gasteiger partial charge in [0.1, 0.15) is 0 Å². The summed E-state index contributed by atoms with van der Waals surface area (Å²) in [5.41, 5.74) is 3.74. The number of amides is 2. The lowest BCUT2D eigenvalue weighted by molar-refractivity contribution is -0.118. The normalized spacial score (nSPS) is 10.3. The van der Waals surface area contributed by atoms with Crippen LogP contribution in [0, 0.1) is 0 Å². The van der Waals surface area contributed by atoms with Crippen molar-refractivity contribution in [1.29, 1.82) is 0 Å². The van der Waals surface area contributed by atoms with Gasteiger partial charge in [-0.25, -0.2) is 0 Å². The second-order valence-electron chi connectivity index (χ2n) is 7.19. The van der Waals surface area contributed by atoms with Crippen molar-refractivity contribution in [2.75, 3.05) is 48.6 Å². The van der Waals surface area contributed by atoms with E-state index >= 15 is 0 Å². The summed E-state index contributed by atoms with van der Waals surface area (Å²) in [6, 6.07) is 15.4. The molecule has 2 N–H and O–H groups in total. The molecule has 0 saturated heterocycles. The van der Waals surface area contributed by atoms with Crippen LogP contribution in [-0.2, 0) is 9.59 Å². The first-order valence-electron chi connectivity index (χ1n) is 9.49. The smallest absolute Gasteiger partial charge is 0.224 e. The van der Waals surface area contributed by atoms with Crippen LogP contribution in [0.1, 0.15) is 25.7 Å². The van der Waals surface area contributed by atoms with Crippen LogP contribution < -0.4 is 20.4 Å². The summed E-state index contributed by atoms with van der Waals surface area (Å²) < 4.78 is 0. The summed E-state index contributed by atoms with van der Waals surface area (Å²) in [7, 11) is 7.90. The summed E-state index contributed by atoms with van der Waals surface area (Å²) in [6.45, 7) is 0. The zero-order valence-corrected chi connectivity index (χ0v) is 17.2. The zero-order chi connectivity index (χ0) is 20.5. The molecule has 0 aliphatic carbocycles. The number of nitrogens with zero attached hydrogens (tertiary/aromatic N) is 2. The lowest BCUT2D eigenvalue weighted by atomic mass is 10.1. The molecule has 6 heteroatoms. The van der Waals surface area contributed by atoms with E-state index in [1.54, 1.807) is 0 Å². The number of carbonyl (C=O) groups excluding carboxylic acids is 2. The molecule has 28 heavy (non-hydrogen) atoms. The van der Waals surface area contributed by atoms with E-state index in [-0.39, 0.29) is 11.8 Å². The van der Waals surface area contributed by atoms with Crippen molar-refractivity contribution in [2.45, 2.75) is 25.7 Å². The predicted octanol–water partition coefficient (Wildman–Crippen LogP) is 3.96. The lowest BCUT2D eigenvalue weighted by Crippen LogP contribution is -2.14.